The predicted octanol–water partition coefficient (Wildman–Crippen LogP) is 1.14. The van der Waals surface area contributed by atoms with E-state index in [-0.39, 0.29) is 11.1 Å². The smallest absolute Gasteiger partial charge is 0.303 e. The van der Waals surface area contributed by atoms with Crippen LogP contribution in [0.4, 0.5) is 0 Å². The van der Waals surface area contributed by atoms with Crippen LogP contribution in [0.2, 0.25) is 0 Å². The summed E-state index contributed by atoms with van der Waals surface area (Å²) >= 11 is 0.910. The summed E-state index contributed by atoms with van der Waals surface area (Å²) in [6.07, 6.45) is -14.2. The highest BCUT2D eigenvalue weighted by atomic mass is 32.2. The number of hydrogen-bond donors (Lipinski definition) is 0. The lowest BCUT2D eigenvalue weighted by Crippen LogP contribution is -2.66. The average molecular weight is 779 g/mol. The molecule has 0 radical (unpaired) electrons. The second-order valence-electron chi connectivity index (χ2n) is 11.7. The van der Waals surface area contributed by atoms with Crippen LogP contribution < -0.4 is 0 Å². The van der Waals surface area contributed by atoms with Gasteiger partial charge >= 0.3 is 41.8 Å². The molecule has 2 aliphatic rings. The Kier molecular flexibility index (Phi) is 15.7. The number of nitrogens with zero attached hydrogens (tertiary/aromatic N) is 2. The first kappa shape index (κ1) is 43.1. The molecule has 2 fully saturated rings. The SMILES string of the molecule is CC(=O)OCC1O[C@@H](O[C@@H]2C(COC(C)=O)O[C@@H](Sc3ccc(C#N)c(C#N)c3)C(OC(C)=O)C2OC(C)=O)C(OC(C)=O)C(OC(C)=O)[C@@H]1OC(C)=O. The first-order valence-electron chi connectivity index (χ1n) is 16.1. The number of nitriles is 2. The monoisotopic (exact) mass is 778 g/mol. The fourth-order valence-electron chi connectivity index (χ4n) is 5.49. The van der Waals surface area contributed by atoms with Crippen LogP contribution in [0, 0.1) is 22.7 Å². The molecule has 6 unspecified atom stereocenters. The van der Waals surface area contributed by atoms with Crippen LogP contribution in [-0.4, -0.2) is 116 Å². The van der Waals surface area contributed by atoms with E-state index in [9.17, 15) is 44.1 Å². The summed E-state index contributed by atoms with van der Waals surface area (Å²) in [5, 5.41) is 18.9. The lowest BCUT2D eigenvalue weighted by molar-refractivity contribution is -0.341. The number of esters is 7. The van der Waals surface area contributed by atoms with E-state index in [0.717, 1.165) is 60.2 Å². The first-order valence-corrected chi connectivity index (χ1v) is 17.0. The summed E-state index contributed by atoms with van der Waals surface area (Å²) in [5.41, 5.74) is -1.14. The lowest BCUT2D eigenvalue weighted by Gasteiger charge is -2.48. The molecule has 0 aliphatic carbocycles. The van der Waals surface area contributed by atoms with Crippen molar-refractivity contribution in [1.29, 1.82) is 10.5 Å². The highest BCUT2D eigenvalue weighted by Gasteiger charge is 2.57. The van der Waals surface area contributed by atoms with E-state index in [1.54, 1.807) is 0 Å². The Morgan fingerprint density at radius 1 is 0.574 bits per heavy atom. The molecule has 0 spiro atoms. The van der Waals surface area contributed by atoms with Crippen molar-refractivity contribution in [1.82, 2.24) is 0 Å². The zero-order valence-electron chi connectivity index (χ0n) is 30.2. The van der Waals surface area contributed by atoms with Crippen molar-refractivity contribution >= 4 is 53.5 Å². The maximum absolute atomic E-state index is 12.6. The van der Waals surface area contributed by atoms with Gasteiger partial charge in [0.25, 0.3) is 0 Å². The molecule has 10 atom stereocenters. The minimum absolute atomic E-state index is 0.0280. The van der Waals surface area contributed by atoms with Crippen LogP contribution in [-0.2, 0) is 80.9 Å². The van der Waals surface area contributed by atoms with Gasteiger partial charge in [-0.15, -0.1) is 0 Å². The van der Waals surface area contributed by atoms with Gasteiger partial charge in [-0.3, -0.25) is 33.6 Å². The van der Waals surface area contributed by atoms with Gasteiger partial charge in [-0.1, -0.05) is 11.8 Å². The Bertz CT molecular complexity index is 1690. The van der Waals surface area contributed by atoms with Gasteiger partial charge in [0.15, 0.2) is 36.8 Å². The van der Waals surface area contributed by atoms with E-state index in [1.165, 1.54) is 18.2 Å². The Labute approximate surface area is 313 Å². The molecule has 19 nitrogen and oxygen atoms in total. The molecule has 0 bridgehead atoms. The molecule has 54 heavy (non-hydrogen) atoms. The highest BCUT2D eigenvalue weighted by Crippen LogP contribution is 2.40. The number of carbonyl (C=O) groups excluding carboxylic acids is 7. The zero-order valence-corrected chi connectivity index (χ0v) is 31.0. The molecule has 0 N–H and O–H groups in total. The van der Waals surface area contributed by atoms with E-state index in [1.807, 2.05) is 12.1 Å². The number of ether oxygens (including phenoxy) is 10. The van der Waals surface area contributed by atoms with E-state index >= 15 is 0 Å². The summed E-state index contributed by atoms with van der Waals surface area (Å²) in [4.78, 5) is 86.3. The molecule has 292 valence electrons. The minimum Gasteiger partial charge on any atom is -0.463 e. The molecule has 20 heteroatoms. The van der Waals surface area contributed by atoms with E-state index < -0.39 is 116 Å². The van der Waals surface area contributed by atoms with Crippen LogP contribution in [0.1, 0.15) is 59.6 Å². The number of benzene rings is 1. The molecule has 2 aliphatic heterocycles. The second kappa shape index (κ2) is 19.7. The molecule has 1 aromatic carbocycles. The molecule has 3 rings (SSSR count). The number of rotatable bonds is 13. The average Bonchev–Trinajstić information content (AvgIpc) is 3.06. The third kappa shape index (κ3) is 12.1. The molecule has 1 aromatic rings. The third-order valence-corrected chi connectivity index (χ3v) is 8.51. The van der Waals surface area contributed by atoms with Gasteiger partial charge in [0.05, 0.1) is 11.1 Å². The zero-order chi connectivity index (χ0) is 40.3. The Morgan fingerprint density at radius 3 is 1.50 bits per heavy atom. The van der Waals surface area contributed by atoms with Crippen LogP contribution >= 0.6 is 11.8 Å². The number of carbonyl (C=O) groups is 7. The van der Waals surface area contributed by atoms with Gasteiger partial charge in [0, 0.05) is 53.4 Å². The summed E-state index contributed by atoms with van der Waals surface area (Å²) < 4.78 is 56.7. The van der Waals surface area contributed by atoms with E-state index in [4.69, 9.17) is 47.4 Å². The van der Waals surface area contributed by atoms with Gasteiger partial charge in [-0.25, -0.2) is 0 Å². The van der Waals surface area contributed by atoms with Gasteiger partial charge in [0.2, 0.25) is 0 Å². The van der Waals surface area contributed by atoms with Gasteiger partial charge in [0.1, 0.15) is 49.1 Å². The molecular weight excluding hydrogens is 740 g/mol. The quantitative estimate of drug-likeness (QED) is 0.201. The number of thioether (sulfide) groups is 1. The maximum Gasteiger partial charge on any atom is 0.303 e. The van der Waals surface area contributed by atoms with Gasteiger partial charge in [-0.2, -0.15) is 10.5 Å². The van der Waals surface area contributed by atoms with Gasteiger partial charge in [-0.05, 0) is 18.2 Å². The third-order valence-electron chi connectivity index (χ3n) is 7.37. The van der Waals surface area contributed by atoms with Crippen molar-refractivity contribution in [3.63, 3.8) is 0 Å². The van der Waals surface area contributed by atoms with Crippen molar-refractivity contribution in [3.8, 4) is 12.1 Å². The summed E-state index contributed by atoms with van der Waals surface area (Å²) in [6.45, 7) is 6.25. The van der Waals surface area contributed by atoms with Crippen molar-refractivity contribution in [2.75, 3.05) is 13.2 Å². The van der Waals surface area contributed by atoms with E-state index in [2.05, 4.69) is 0 Å². The molecule has 0 aromatic heterocycles. The molecule has 2 saturated heterocycles. The Balaban J connectivity index is 2.19. The number of hydrogen-bond acceptors (Lipinski definition) is 20. The minimum atomic E-state index is -1.82. The van der Waals surface area contributed by atoms with Crippen molar-refractivity contribution < 1.29 is 80.9 Å². The highest BCUT2D eigenvalue weighted by molar-refractivity contribution is 7.99. The summed E-state index contributed by atoms with van der Waals surface area (Å²) in [7, 11) is 0. The largest absolute Gasteiger partial charge is 0.463 e. The fourth-order valence-corrected chi connectivity index (χ4v) is 6.63. The fraction of sp³-hybridized carbons (Fsp3) is 0.559. The second-order valence-corrected chi connectivity index (χ2v) is 12.9. The summed E-state index contributed by atoms with van der Waals surface area (Å²) in [5.74, 6) is -5.99. The Morgan fingerprint density at radius 2 is 1.02 bits per heavy atom. The van der Waals surface area contributed by atoms with Gasteiger partial charge < -0.3 is 47.4 Å². The summed E-state index contributed by atoms with van der Waals surface area (Å²) in [6, 6.07) is 8.10. The van der Waals surface area contributed by atoms with Crippen LogP contribution in [0.25, 0.3) is 0 Å². The van der Waals surface area contributed by atoms with Crippen LogP contribution in [0.15, 0.2) is 23.1 Å². The van der Waals surface area contributed by atoms with E-state index in [0.29, 0.717) is 4.90 Å². The standard InChI is InChI=1S/C34H38N2O17S/c1-15(37)44-13-25-27(46-17(3)39)29(47-18(4)40)31(49-20(6)42)33(51-25)53-28-26(14-45-16(2)38)52-34(32(50-21(7)43)30(28)48-19(5)41)54-24-9-8-22(11-35)23(10-24)12-36/h8-10,25-34H,13-14H2,1-7H3/t25?,26?,27-,28-,29?,30?,31?,32?,33+,34+/m1/s1. The van der Waals surface area contributed by atoms with Crippen LogP contribution in [0.3, 0.4) is 0 Å². The van der Waals surface area contributed by atoms with Crippen molar-refractivity contribution in [3.05, 3.63) is 29.3 Å². The van der Waals surface area contributed by atoms with Crippen molar-refractivity contribution in [2.24, 2.45) is 0 Å². The topological polar surface area (TPSA) is 259 Å². The van der Waals surface area contributed by atoms with Crippen molar-refractivity contribution in [2.45, 2.75) is 114 Å². The lowest BCUT2D eigenvalue weighted by atomic mass is 9.96. The Hall–Kier alpha value is -5.28. The predicted molar refractivity (Wildman–Crippen MR) is 175 cm³/mol. The molecule has 0 saturated carbocycles. The molecule has 2 heterocycles. The maximum atomic E-state index is 12.6. The molecule has 0 amide bonds. The van der Waals surface area contributed by atoms with Crippen LogP contribution in [0.5, 0.6) is 0 Å². The molecular formula is C34H38N2O17S. The first-order chi connectivity index (χ1) is 25.4. The normalized spacial score (nSPS) is 27.4.